The summed E-state index contributed by atoms with van der Waals surface area (Å²) in [4.78, 5) is 17.6. The molecule has 0 amide bonds. The lowest BCUT2D eigenvalue weighted by Gasteiger charge is -2.23. The Kier molecular flexibility index (Phi) is 6.35. The average molecular weight is 442 g/mol. The number of para-hydroxylation sites is 2. The minimum atomic E-state index is 0.0411. The minimum absolute atomic E-state index is 0.0411. The second-order valence-corrected chi connectivity index (χ2v) is 8.22. The molecule has 6 nitrogen and oxygen atoms in total. The molecule has 168 valence electrons. The first-order valence-electron chi connectivity index (χ1n) is 11.4. The van der Waals surface area contributed by atoms with Crippen LogP contribution in [0, 0.1) is 0 Å². The van der Waals surface area contributed by atoms with Crippen molar-refractivity contribution in [3.05, 3.63) is 90.3 Å². The summed E-state index contributed by atoms with van der Waals surface area (Å²) in [5.74, 6) is 2.35. The van der Waals surface area contributed by atoms with E-state index in [0.29, 0.717) is 5.56 Å². The van der Waals surface area contributed by atoms with E-state index < -0.39 is 0 Å². The summed E-state index contributed by atoms with van der Waals surface area (Å²) in [6, 6.07) is 24.9. The fourth-order valence-corrected chi connectivity index (χ4v) is 4.14. The summed E-state index contributed by atoms with van der Waals surface area (Å²) >= 11 is 0. The number of fused-ring (bicyclic) bond motifs is 1. The number of piperidine rings is 1. The van der Waals surface area contributed by atoms with Crippen LogP contribution in [0.1, 0.15) is 29.0 Å². The second kappa shape index (κ2) is 9.88. The minimum Gasteiger partial charge on any atom is -0.490 e. The number of nitrogens with one attached hydrogen (secondary N) is 1. The van der Waals surface area contributed by atoms with E-state index in [2.05, 4.69) is 5.32 Å². The monoisotopic (exact) mass is 441 g/mol. The smallest absolute Gasteiger partial charge is 0.182 e. The Morgan fingerprint density at radius 2 is 1.61 bits per heavy atom. The predicted octanol–water partition coefficient (Wildman–Crippen LogP) is 4.63. The molecule has 0 aliphatic carbocycles. The molecule has 5 rings (SSSR count). The van der Waals surface area contributed by atoms with Gasteiger partial charge in [-0.15, -0.1) is 0 Å². The van der Waals surface area contributed by atoms with Crippen LogP contribution in [0.2, 0.25) is 0 Å². The van der Waals surface area contributed by atoms with Gasteiger partial charge in [-0.25, -0.2) is 4.98 Å². The fourth-order valence-electron chi connectivity index (χ4n) is 4.14. The fraction of sp³-hybridized carbons (Fsp3) is 0.259. The van der Waals surface area contributed by atoms with E-state index in [0.717, 1.165) is 54.3 Å². The van der Waals surface area contributed by atoms with Gasteiger partial charge in [-0.3, -0.25) is 4.79 Å². The first kappa shape index (κ1) is 21.2. The molecular formula is C27H27N3O3. The van der Waals surface area contributed by atoms with Gasteiger partial charge in [0.1, 0.15) is 30.0 Å². The Bertz CT molecular complexity index is 1210. The highest BCUT2D eigenvalue weighted by molar-refractivity contribution is 5.96. The molecule has 0 unspecified atom stereocenters. The second-order valence-electron chi connectivity index (χ2n) is 8.22. The summed E-state index contributed by atoms with van der Waals surface area (Å²) < 4.78 is 14.0. The summed E-state index contributed by atoms with van der Waals surface area (Å²) in [6.07, 6.45) is 2.31. The van der Waals surface area contributed by atoms with Crippen molar-refractivity contribution < 1.29 is 14.3 Å². The molecule has 0 spiro atoms. The molecule has 6 heteroatoms. The number of ketones is 1. The van der Waals surface area contributed by atoms with Gasteiger partial charge < -0.3 is 19.4 Å². The quantitative estimate of drug-likeness (QED) is 0.404. The van der Waals surface area contributed by atoms with Gasteiger partial charge >= 0.3 is 0 Å². The van der Waals surface area contributed by atoms with Crippen molar-refractivity contribution in [1.82, 2.24) is 14.9 Å². The number of nitrogens with zero attached hydrogens (tertiary/aromatic N) is 2. The number of rotatable bonds is 8. The lowest BCUT2D eigenvalue weighted by atomic mass is 10.1. The lowest BCUT2D eigenvalue weighted by Crippen LogP contribution is -2.34. The highest BCUT2D eigenvalue weighted by atomic mass is 16.5. The zero-order chi connectivity index (χ0) is 22.5. The molecular weight excluding hydrogens is 414 g/mol. The van der Waals surface area contributed by atoms with Gasteiger partial charge in [0.05, 0.1) is 17.6 Å². The molecule has 33 heavy (non-hydrogen) atoms. The number of Topliss-reactive ketones (excluding diaryl/α,β-unsaturated/α-hetero) is 1. The Morgan fingerprint density at radius 3 is 2.39 bits per heavy atom. The lowest BCUT2D eigenvalue weighted by molar-refractivity contribution is 0.0971. The van der Waals surface area contributed by atoms with Gasteiger partial charge in [0.2, 0.25) is 0 Å². The summed E-state index contributed by atoms with van der Waals surface area (Å²) in [5, 5.41) is 3.35. The molecule has 1 aliphatic rings. The predicted molar refractivity (Wildman–Crippen MR) is 128 cm³/mol. The van der Waals surface area contributed by atoms with E-state index in [1.54, 1.807) is 0 Å². The van der Waals surface area contributed by atoms with Gasteiger partial charge in [0, 0.05) is 5.56 Å². The zero-order valence-electron chi connectivity index (χ0n) is 18.4. The number of ether oxygens (including phenoxy) is 2. The number of carbonyl (C=O) groups excluding carboxylic acids is 1. The van der Waals surface area contributed by atoms with Gasteiger partial charge in [0.25, 0.3) is 0 Å². The number of aromatic nitrogens is 2. The Labute approximate surface area is 193 Å². The normalized spacial score (nSPS) is 14.3. The SMILES string of the molecule is O=C(Cn1c(COc2ccc(OC3CCNCC3)cc2)nc2ccccc21)c1ccccc1. The van der Waals surface area contributed by atoms with E-state index >= 15 is 0 Å². The van der Waals surface area contributed by atoms with Crippen LogP contribution in [-0.2, 0) is 13.2 Å². The van der Waals surface area contributed by atoms with Crippen LogP contribution < -0.4 is 14.8 Å². The van der Waals surface area contributed by atoms with Crippen molar-refractivity contribution in [3.8, 4) is 11.5 Å². The van der Waals surface area contributed by atoms with Crippen molar-refractivity contribution in [3.63, 3.8) is 0 Å². The third-order valence-corrected chi connectivity index (χ3v) is 5.91. The molecule has 0 radical (unpaired) electrons. The first-order valence-corrected chi connectivity index (χ1v) is 11.4. The topological polar surface area (TPSA) is 65.4 Å². The molecule has 4 aromatic rings. The van der Waals surface area contributed by atoms with Crippen LogP contribution >= 0.6 is 0 Å². The van der Waals surface area contributed by atoms with Gasteiger partial charge in [-0.05, 0) is 62.3 Å². The third kappa shape index (κ3) is 5.07. The molecule has 0 atom stereocenters. The number of imidazole rings is 1. The van der Waals surface area contributed by atoms with Crippen molar-refractivity contribution in [2.45, 2.75) is 32.1 Å². The largest absolute Gasteiger partial charge is 0.490 e. The molecule has 1 aliphatic heterocycles. The highest BCUT2D eigenvalue weighted by Gasteiger charge is 2.16. The van der Waals surface area contributed by atoms with E-state index in [-0.39, 0.29) is 25.0 Å². The van der Waals surface area contributed by atoms with Crippen molar-refractivity contribution >= 4 is 16.8 Å². The summed E-state index contributed by atoms with van der Waals surface area (Å²) in [5.41, 5.74) is 2.46. The average Bonchev–Trinajstić information content (AvgIpc) is 3.22. The number of hydrogen-bond donors (Lipinski definition) is 1. The first-order chi connectivity index (χ1) is 16.3. The third-order valence-electron chi connectivity index (χ3n) is 5.91. The van der Waals surface area contributed by atoms with Crippen LogP contribution in [0.5, 0.6) is 11.5 Å². The maximum atomic E-state index is 12.9. The van der Waals surface area contributed by atoms with Gasteiger partial charge in [-0.2, -0.15) is 0 Å². The standard InChI is InChI=1S/C27H27N3O3/c31-26(20-6-2-1-3-7-20)18-30-25-9-5-4-8-24(25)29-27(30)19-32-21-10-12-22(13-11-21)33-23-14-16-28-17-15-23/h1-13,23,28H,14-19H2. The molecule has 3 aromatic carbocycles. The van der Waals surface area contributed by atoms with E-state index in [9.17, 15) is 4.79 Å². The Morgan fingerprint density at radius 1 is 0.909 bits per heavy atom. The van der Waals surface area contributed by atoms with Crippen LogP contribution in [0.4, 0.5) is 0 Å². The Balaban J connectivity index is 1.29. The van der Waals surface area contributed by atoms with E-state index in [1.165, 1.54) is 0 Å². The molecule has 1 N–H and O–H groups in total. The molecule has 1 saturated heterocycles. The maximum absolute atomic E-state index is 12.9. The number of benzene rings is 3. The Hall–Kier alpha value is -3.64. The van der Waals surface area contributed by atoms with Gasteiger partial charge in [-0.1, -0.05) is 42.5 Å². The van der Waals surface area contributed by atoms with Crippen LogP contribution in [0.3, 0.4) is 0 Å². The molecule has 0 saturated carbocycles. The highest BCUT2D eigenvalue weighted by Crippen LogP contribution is 2.23. The molecule has 2 heterocycles. The van der Waals surface area contributed by atoms with Crippen LogP contribution in [0.15, 0.2) is 78.9 Å². The molecule has 1 aromatic heterocycles. The molecule has 0 bridgehead atoms. The van der Waals surface area contributed by atoms with Crippen molar-refractivity contribution in [2.75, 3.05) is 13.1 Å². The zero-order valence-corrected chi connectivity index (χ0v) is 18.4. The van der Waals surface area contributed by atoms with Crippen molar-refractivity contribution in [1.29, 1.82) is 0 Å². The van der Waals surface area contributed by atoms with E-state index in [1.807, 2.05) is 83.4 Å². The molecule has 1 fully saturated rings. The van der Waals surface area contributed by atoms with Gasteiger partial charge in [0.15, 0.2) is 5.78 Å². The summed E-state index contributed by atoms with van der Waals surface area (Å²) in [6.45, 7) is 2.48. The number of hydrogen-bond acceptors (Lipinski definition) is 5. The maximum Gasteiger partial charge on any atom is 0.182 e. The van der Waals surface area contributed by atoms with E-state index in [4.69, 9.17) is 14.5 Å². The number of carbonyl (C=O) groups is 1. The van der Waals surface area contributed by atoms with Crippen LogP contribution in [-0.4, -0.2) is 34.5 Å². The van der Waals surface area contributed by atoms with Crippen molar-refractivity contribution in [2.24, 2.45) is 0 Å². The van der Waals surface area contributed by atoms with Crippen LogP contribution in [0.25, 0.3) is 11.0 Å². The summed E-state index contributed by atoms with van der Waals surface area (Å²) in [7, 11) is 0.